The van der Waals surface area contributed by atoms with E-state index >= 15 is 0 Å². The fourth-order valence-electron chi connectivity index (χ4n) is 0.837. The Labute approximate surface area is 92.6 Å². The van der Waals surface area contributed by atoms with E-state index in [9.17, 15) is 9.18 Å². The van der Waals surface area contributed by atoms with Crippen LogP contribution in [0, 0.1) is 0 Å². The molecule has 0 saturated heterocycles. The molecule has 0 aromatic rings. The summed E-state index contributed by atoms with van der Waals surface area (Å²) in [4.78, 5) is 14.0. The van der Waals surface area contributed by atoms with Crippen LogP contribution in [0.2, 0.25) is 0 Å². The van der Waals surface area contributed by atoms with Crippen molar-refractivity contribution in [3.8, 4) is 0 Å². The van der Waals surface area contributed by atoms with Crippen molar-refractivity contribution in [3.63, 3.8) is 0 Å². The SMILES string of the molecule is CC(=NCC(F)=CCCC(N)C(=O)O)NO. The zero-order valence-electron chi connectivity index (χ0n) is 8.98. The molecule has 0 aromatic heterocycles. The first kappa shape index (κ1) is 14.5. The third kappa shape index (κ3) is 6.91. The molecule has 1 unspecified atom stereocenters. The molecule has 0 bridgehead atoms. The molecule has 0 aromatic carbocycles. The van der Waals surface area contributed by atoms with Crippen LogP contribution in [-0.4, -0.2) is 34.7 Å². The number of carboxylic acids is 1. The van der Waals surface area contributed by atoms with Gasteiger partial charge in [-0.05, 0) is 19.8 Å². The minimum Gasteiger partial charge on any atom is -0.480 e. The fourth-order valence-corrected chi connectivity index (χ4v) is 0.837. The summed E-state index contributed by atoms with van der Waals surface area (Å²) in [7, 11) is 0. The first-order valence-corrected chi connectivity index (χ1v) is 4.71. The lowest BCUT2D eigenvalue weighted by Crippen LogP contribution is -2.29. The Balaban J connectivity index is 3.92. The molecule has 0 saturated carbocycles. The minimum absolute atomic E-state index is 0.170. The van der Waals surface area contributed by atoms with Gasteiger partial charge < -0.3 is 10.8 Å². The second-order valence-electron chi connectivity index (χ2n) is 3.19. The van der Waals surface area contributed by atoms with Gasteiger partial charge in [-0.15, -0.1) is 0 Å². The van der Waals surface area contributed by atoms with Crippen molar-refractivity contribution in [1.29, 1.82) is 0 Å². The van der Waals surface area contributed by atoms with Gasteiger partial charge in [-0.1, -0.05) is 6.08 Å². The number of hydrogen-bond acceptors (Lipinski definition) is 4. The second kappa shape index (κ2) is 7.77. The van der Waals surface area contributed by atoms with Crippen LogP contribution in [0.1, 0.15) is 19.8 Å². The van der Waals surface area contributed by atoms with E-state index in [-0.39, 0.29) is 25.2 Å². The van der Waals surface area contributed by atoms with Crippen LogP contribution < -0.4 is 11.2 Å². The summed E-state index contributed by atoms with van der Waals surface area (Å²) in [5.41, 5.74) is 6.99. The third-order valence-electron chi connectivity index (χ3n) is 1.79. The van der Waals surface area contributed by atoms with Crippen LogP contribution >= 0.6 is 0 Å². The van der Waals surface area contributed by atoms with Crippen LogP contribution in [0.25, 0.3) is 0 Å². The highest BCUT2D eigenvalue weighted by molar-refractivity contribution is 5.78. The van der Waals surface area contributed by atoms with Crippen LogP contribution in [0.3, 0.4) is 0 Å². The molecule has 0 radical (unpaired) electrons. The van der Waals surface area contributed by atoms with Crippen molar-refractivity contribution in [3.05, 3.63) is 11.9 Å². The molecule has 0 spiro atoms. The van der Waals surface area contributed by atoms with E-state index in [0.717, 1.165) is 0 Å². The summed E-state index contributed by atoms with van der Waals surface area (Å²) in [6.07, 6.45) is 1.64. The van der Waals surface area contributed by atoms with Gasteiger partial charge in [0.25, 0.3) is 0 Å². The monoisotopic (exact) mass is 233 g/mol. The number of halogens is 1. The van der Waals surface area contributed by atoms with Crippen LogP contribution in [0.5, 0.6) is 0 Å². The molecule has 0 rings (SSSR count). The van der Waals surface area contributed by atoms with E-state index < -0.39 is 17.8 Å². The summed E-state index contributed by atoms with van der Waals surface area (Å²) in [5, 5.41) is 16.8. The van der Waals surface area contributed by atoms with Crippen LogP contribution in [-0.2, 0) is 4.79 Å². The molecule has 0 amide bonds. The molecule has 7 heteroatoms. The molecule has 0 heterocycles. The summed E-state index contributed by atoms with van der Waals surface area (Å²) in [6, 6.07) is -0.978. The minimum atomic E-state index is -1.10. The van der Waals surface area contributed by atoms with Gasteiger partial charge in [-0.2, -0.15) is 0 Å². The van der Waals surface area contributed by atoms with Gasteiger partial charge >= 0.3 is 5.97 Å². The predicted octanol–water partition coefficient (Wildman–Crippen LogP) is 0.429. The Bertz CT molecular complexity index is 292. The zero-order chi connectivity index (χ0) is 12.6. The number of aliphatic imine (C=N–C) groups is 1. The first-order chi connectivity index (χ1) is 7.47. The van der Waals surface area contributed by atoms with Gasteiger partial charge in [0.1, 0.15) is 17.7 Å². The van der Waals surface area contributed by atoms with Gasteiger partial charge in [-0.25, -0.2) is 4.39 Å². The Morgan fingerprint density at radius 2 is 2.31 bits per heavy atom. The number of aliphatic carboxylic acids is 1. The third-order valence-corrected chi connectivity index (χ3v) is 1.79. The quantitative estimate of drug-likeness (QED) is 0.302. The first-order valence-electron chi connectivity index (χ1n) is 4.71. The lowest BCUT2D eigenvalue weighted by atomic mass is 10.1. The van der Waals surface area contributed by atoms with E-state index in [4.69, 9.17) is 16.0 Å². The van der Waals surface area contributed by atoms with Crippen molar-refractivity contribution < 1.29 is 19.5 Å². The number of nitrogens with one attached hydrogen (secondary N) is 1. The Kier molecular flexibility index (Phi) is 7.06. The van der Waals surface area contributed by atoms with Crippen molar-refractivity contribution in [2.75, 3.05) is 6.54 Å². The number of hydrogen-bond donors (Lipinski definition) is 4. The number of rotatable bonds is 6. The van der Waals surface area contributed by atoms with Crippen molar-refractivity contribution in [2.24, 2.45) is 10.7 Å². The lowest BCUT2D eigenvalue weighted by molar-refractivity contribution is -0.138. The van der Waals surface area contributed by atoms with Crippen molar-refractivity contribution >= 4 is 11.8 Å². The smallest absolute Gasteiger partial charge is 0.320 e. The molecule has 0 fully saturated rings. The normalized spacial score (nSPS) is 14.8. The predicted molar refractivity (Wildman–Crippen MR) is 56.9 cm³/mol. The van der Waals surface area contributed by atoms with Crippen LogP contribution in [0.4, 0.5) is 4.39 Å². The average molecular weight is 233 g/mol. The molecular weight excluding hydrogens is 217 g/mol. The largest absolute Gasteiger partial charge is 0.480 e. The molecular formula is C9H16FN3O3. The zero-order valence-corrected chi connectivity index (χ0v) is 8.98. The molecule has 1 atom stereocenters. The van der Waals surface area contributed by atoms with Gasteiger partial charge in [0.05, 0.1) is 6.54 Å². The van der Waals surface area contributed by atoms with E-state index in [0.29, 0.717) is 0 Å². The maximum absolute atomic E-state index is 13.0. The summed E-state index contributed by atoms with van der Waals surface area (Å²) >= 11 is 0. The summed E-state index contributed by atoms with van der Waals surface area (Å²) in [5.74, 6) is -1.40. The molecule has 0 aliphatic heterocycles. The van der Waals surface area contributed by atoms with Crippen LogP contribution in [0.15, 0.2) is 16.9 Å². The number of hydroxylamine groups is 1. The standard InChI is InChI=1S/C9H16FN3O3/c1-6(13-16)12-5-7(10)3-2-4-8(11)9(14)15/h3,8,16H,2,4-5,11H2,1H3,(H,12,13)(H,14,15). The topological polar surface area (TPSA) is 108 Å². The number of carboxylic acid groups (broad SMARTS) is 1. The summed E-state index contributed by atoms with van der Waals surface area (Å²) < 4.78 is 13.0. The fraction of sp³-hybridized carbons (Fsp3) is 0.556. The highest BCUT2D eigenvalue weighted by atomic mass is 19.1. The molecule has 0 aliphatic rings. The highest BCUT2D eigenvalue weighted by Crippen LogP contribution is 2.03. The molecule has 92 valence electrons. The lowest BCUT2D eigenvalue weighted by Gasteiger charge is -2.02. The van der Waals surface area contributed by atoms with E-state index in [1.165, 1.54) is 13.0 Å². The number of nitrogens with two attached hydrogens (primary N) is 1. The van der Waals surface area contributed by atoms with Gasteiger partial charge in [0, 0.05) is 0 Å². The average Bonchev–Trinajstić information content (AvgIpc) is 2.25. The Morgan fingerprint density at radius 1 is 1.69 bits per heavy atom. The molecule has 16 heavy (non-hydrogen) atoms. The van der Waals surface area contributed by atoms with E-state index in [2.05, 4.69) is 4.99 Å². The highest BCUT2D eigenvalue weighted by Gasteiger charge is 2.09. The second-order valence-corrected chi connectivity index (χ2v) is 3.19. The van der Waals surface area contributed by atoms with E-state index in [1.807, 2.05) is 0 Å². The Hall–Kier alpha value is -1.47. The van der Waals surface area contributed by atoms with Gasteiger partial charge in [0.15, 0.2) is 0 Å². The molecule has 5 N–H and O–H groups in total. The Morgan fingerprint density at radius 3 is 2.81 bits per heavy atom. The molecule has 0 aliphatic carbocycles. The maximum atomic E-state index is 13.0. The summed E-state index contributed by atoms with van der Waals surface area (Å²) in [6.45, 7) is 1.29. The van der Waals surface area contributed by atoms with Crippen molar-refractivity contribution in [2.45, 2.75) is 25.8 Å². The number of nitrogens with zero attached hydrogens (tertiary/aromatic N) is 1. The number of carbonyl (C=O) groups is 1. The van der Waals surface area contributed by atoms with Gasteiger partial charge in [0.2, 0.25) is 0 Å². The van der Waals surface area contributed by atoms with Gasteiger partial charge in [-0.3, -0.25) is 20.5 Å². The molecule has 6 nitrogen and oxygen atoms in total. The number of amidine groups is 1. The maximum Gasteiger partial charge on any atom is 0.320 e. The number of allylic oxidation sites excluding steroid dienone is 1. The van der Waals surface area contributed by atoms with E-state index in [1.54, 1.807) is 5.48 Å². The van der Waals surface area contributed by atoms with Crippen molar-refractivity contribution in [1.82, 2.24) is 5.48 Å².